The minimum atomic E-state index is 0.0808. The molecule has 0 N–H and O–H groups in total. The van der Waals surface area contributed by atoms with E-state index < -0.39 is 0 Å². The molecule has 0 unspecified atom stereocenters. The Labute approximate surface area is 174 Å². The Morgan fingerprint density at radius 1 is 1.14 bits per heavy atom. The van der Waals surface area contributed by atoms with Crippen LogP contribution in [-0.2, 0) is 6.54 Å². The molecule has 1 aromatic carbocycles. The van der Waals surface area contributed by atoms with Gasteiger partial charge >= 0.3 is 0 Å². The van der Waals surface area contributed by atoms with Gasteiger partial charge in [0.05, 0.1) is 17.5 Å². The largest absolute Gasteiger partial charge is 0.493 e. The van der Waals surface area contributed by atoms with Crippen molar-refractivity contribution >= 4 is 10.9 Å². The van der Waals surface area contributed by atoms with Crippen molar-refractivity contribution in [3.05, 3.63) is 34.4 Å². The van der Waals surface area contributed by atoms with Crippen LogP contribution in [0.4, 0.5) is 0 Å². The third-order valence-electron chi connectivity index (χ3n) is 6.38. The van der Waals surface area contributed by atoms with E-state index in [4.69, 9.17) is 9.72 Å². The Balaban J connectivity index is 1.65. The van der Waals surface area contributed by atoms with Gasteiger partial charge in [-0.2, -0.15) is 0 Å². The van der Waals surface area contributed by atoms with E-state index in [-0.39, 0.29) is 11.5 Å². The van der Waals surface area contributed by atoms with Crippen LogP contribution in [0.3, 0.4) is 0 Å². The van der Waals surface area contributed by atoms with E-state index in [0.29, 0.717) is 23.3 Å². The molecule has 1 aromatic heterocycles. The summed E-state index contributed by atoms with van der Waals surface area (Å²) in [6, 6.07) is 6.35. The van der Waals surface area contributed by atoms with Gasteiger partial charge in [0.1, 0.15) is 11.6 Å². The minimum absolute atomic E-state index is 0.0808. The normalized spacial score (nSPS) is 20.7. The van der Waals surface area contributed by atoms with E-state index in [0.717, 1.165) is 43.3 Å². The number of fused-ring (bicyclic) bond motifs is 1. The molecule has 2 heterocycles. The van der Waals surface area contributed by atoms with Crippen molar-refractivity contribution in [3.8, 4) is 5.75 Å². The Kier molecular flexibility index (Phi) is 5.95. The second-order valence-corrected chi connectivity index (χ2v) is 9.57. The summed E-state index contributed by atoms with van der Waals surface area (Å²) in [6.07, 6.45) is 4.90. The summed E-state index contributed by atoms with van der Waals surface area (Å²) in [7, 11) is 0. The molecule has 1 aliphatic heterocycles. The van der Waals surface area contributed by atoms with Crippen LogP contribution >= 0.6 is 0 Å². The third kappa shape index (κ3) is 4.66. The molecule has 158 valence electrons. The summed E-state index contributed by atoms with van der Waals surface area (Å²) in [4.78, 5) is 20.9. The standard InChI is InChI=1S/C24H35N3O2/c1-16(2)23-25-22-10-9-20(29-15-18-7-8-18)12-21(22)24(28)27(23)14-19-6-5-11-26(13-19)17(3)4/h9-10,12,16-19H,5-8,11,13-15H2,1-4H3/t19-/m0/s1. The number of ether oxygens (including phenoxy) is 1. The smallest absolute Gasteiger partial charge is 0.261 e. The van der Waals surface area contributed by atoms with Gasteiger partial charge in [0.15, 0.2) is 0 Å². The molecule has 2 aliphatic rings. The molecule has 5 heteroatoms. The number of nitrogens with zero attached hydrogens (tertiary/aromatic N) is 3. The Morgan fingerprint density at radius 2 is 1.93 bits per heavy atom. The average molecular weight is 398 g/mol. The van der Waals surface area contributed by atoms with Gasteiger partial charge in [-0.3, -0.25) is 9.36 Å². The molecule has 1 aliphatic carbocycles. The van der Waals surface area contributed by atoms with Gasteiger partial charge in [0, 0.05) is 25.0 Å². The lowest BCUT2D eigenvalue weighted by molar-refractivity contribution is 0.129. The number of aromatic nitrogens is 2. The summed E-state index contributed by atoms with van der Waals surface area (Å²) in [5.74, 6) is 3.09. The van der Waals surface area contributed by atoms with E-state index in [9.17, 15) is 4.79 Å². The molecule has 0 radical (unpaired) electrons. The highest BCUT2D eigenvalue weighted by atomic mass is 16.5. The lowest BCUT2D eigenvalue weighted by Crippen LogP contribution is -2.42. The lowest BCUT2D eigenvalue weighted by Gasteiger charge is -2.36. The molecular weight excluding hydrogens is 362 g/mol. The molecule has 2 fully saturated rings. The fourth-order valence-corrected chi connectivity index (χ4v) is 4.40. The molecule has 1 saturated heterocycles. The van der Waals surface area contributed by atoms with Gasteiger partial charge in [-0.05, 0) is 76.1 Å². The van der Waals surface area contributed by atoms with Crippen LogP contribution in [0.5, 0.6) is 5.75 Å². The Bertz CT molecular complexity index is 914. The highest BCUT2D eigenvalue weighted by Gasteiger charge is 2.25. The molecule has 1 atom stereocenters. The van der Waals surface area contributed by atoms with E-state index in [1.165, 1.54) is 25.7 Å². The zero-order valence-electron chi connectivity index (χ0n) is 18.4. The number of hydrogen-bond donors (Lipinski definition) is 0. The molecule has 29 heavy (non-hydrogen) atoms. The van der Waals surface area contributed by atoms with Crippen LogP contribution in [0.2, 0.25) is 0 Å². The molecule has 0 amide bonds. The van der Waals surface area contributed by atoms with Crippen LogP contribution in [-0.4, -0.2) is 40.2 Å². The molecule has 0 spiro atoms. The van der Waals surface area contributed by atoms with Crippen LogP contribution in [0.15, 0.2) is 23.0 Å². The predicted octanol–water partition coefficient (Wildman–Crippen LogP) is 4.43. The first-order valence-corrected chi connectivity index (χ1v) is 11.3. The second-order valence-electron chi connectivity index (χ2n) is 9.57. The highest BCUT2D eigenvalue weighted by Crippen LogP contribution is 2.30. The third-order valence-corrected chi connectivity index (χ3v) is 6.38. The number of rotatable bonds is 7. The highest BCUT2D eigenvalue weighted by molar-refractivity contribution is 5.79. The monoisotopic (exact) mass is 397 g/mol. The van der Waals surface area contributed by atoms with E-state index >= 15 is 0 Å². The number of piperidine rings is 1. The zero-order chi connectivity index (χ0) is 20.5. The summed E-state index contributed by atoms with van der Waals surface area (Å²) >= 11 is 0. The van der Waals surface area contributed by atoms with Crippen molar-refractivity contribution in [2.45, 2.75) is 71.9 Å². The Hall–Kier alpha value is -1.88. The first-order valence-electron chi connectivity index (χ1n) is 11.3. The minimum Gasteiger partial charge on any atom is -0.493 e. The SMILES string of the molecule is CC(C)c1nc2ccc(OCC3CC3)cc2c(=O)n1C[C@H]1CCCN(C(C)C)C1. The zero-order valence-corrected chi connectivity index (χ0v) is 18.4. The van der Waals surface area contributed by atoms with Crippen molar-refractivity contribution in [1.82, 2.24) is 14.5 Å². The van der Waals surface area contributed by atoms with Crippen molar-refractivity contribution < 1.29 is 4.74 Å². The van der Waals surface area contributed by atoms with Crippen molar-refractivity contribution in [2.75, 3.05) is 19.7 Å². The second kappa shape index (κ2) is 8.47. The number of hydrogen-bond acceptors (Lipinski definition) is 4. The summed E-state index contributed by atoms with van der Waals surface area (Å²) < 4.78 is 7.87. The van der Waals surface area contributed by atoms with Gasteiger partial charge in [-0.25, -0.2) is 4.98 Å². The maximum atomic E-state index is 13.5. The van der Waals surface area contributed by atoms with Crippen molar-refractivity contribution in [1.29, 1.82) is 0 Å². The molecule has 0 bridgehead atoms. The van der Waals surface area contributed by atoms with Crippen LogP contribution in [0.25, 0.3) is 10.9 Å². The van der Waals surface area contributed by atoms with Crippen LogP contribution in [0, 0.1) is 11.8 Å². The molecule has 4 rings (SSSR count). The first kappa shape index (κ1) is 20.4. The van der Waals surface area contributed by atoms with Crippen LogP contribution in [0.1, 0.15) is 65.1 Å². The summed E-state index contributed by atoms with van der Waals surface area (Å²) in [6.45, 7) is 12.5. The number of likely N-dealkylation sites (tertiary alicyclic amines) is 1. The van der Waals surface area contributed by atoms with Gasteiger partial charge in [0.25, 0.3) is 5.56 Å². The van der Waals surface area contributed by atoms with Crippen LogP contribution < -0.4 is 10.3 Å². The lowest BCUT2D eigenvalue weighted by atomic mass is 9.96. The predicted molar refractivity (Wildman–Crippen MR) is 118 cm³/mol. The fourth-order valence-electron chi connectivity index (χ4n) is 4.40. The topological polar surface area (TPSA) is 47.4 Å². The first-order chi connectivity index (χ1) is 13.9. The van der Waals surface area contributed by atoms with Crippen molar-refractivity contribution in [3.63, 3.8) is 0 Å². The van der Waals surface area contributed by atoms with Gasteiger partial charge in [-0.1, -0.05) is 13.8 Å². The van der Waals surface area contributed by atoms with Crippen molar-refractivity contribution in [2.24, 2.45) is 11.8 Å². The van der Waals surface area contributed by atoms with Gasteiger partial charge in [-0.15, -0.1) is 0 Å². The Morgan fingerprint density at radius 3 is 2.62 bits per heavy atom. The fraction of sp³-hybridized carbons (Fsp3) is 0.667. The molecule has 1 saturated carbocycles. The average Bonchev–Trinajstić information content (AvgIpc) is 3.53. The van der Waals surface area contributed by atoms with E-state index in [1.807, 2.05) is 22.8 Å². The summed E-state index contributed by atoms with van der Waals surface area (Å²) in [5, 5.41) is 0.680. The van der Waals surface area contributed by atoms with Gasteiger partial charge < -0.3 is 9.64 Å². The van der Waals surface area contributed by atoms with E-state index in [2.05, 4.69) is 32.6 Å². The van der Waals surface area contributed by atoms with E-state index in [1.54, 1.807) is 0 Å². The quantitative estimate of drug-likeness (QED) is 0.693. The molecule has 2 aromatic rings. The maximum absolute atomic E-state index is 13.5. The molecule has 5 nitrogen and oxygen atoms in total. The summed E-state index contributed by atoms with van der Waals surface area (Å²) in [5.41, 5.74) is 0.860. The van der Waals surface area contributed by atoms with Gasteiger partial charge in [0.2, 0.25) is 0 Å². The molecular formula is C24H35N3O2. The maximum Gasteiger partial charge on any atom is 0.261 e. The number of benzene rings is 1.